The number of hydrogen-bond acceptors (Lipinski definition) is 2. The first kappa shape index (κ1) is 22.6. The van der Waals surface area contributed by atoms with Crippen LogP contribution in [0.1, 0.15) is 86.5 Å². The number of rotatable bonds is 2. The van der Waals surface area contributed by atoms with Crippen molar-refractivity contribution in [1.82, 2.24) is 0 Å². The fourth-order valence-electron chi connectivity index (χ4n) is 8.03. The molecule has 4 aliphatic rings. The zero-order chi connectivity index (χ0) is 22.8. The van der Waals surface area contributed by atoms with Gasteiger partial charge in [-0.2, -0.15) is 5.26 Å². The minimum atomic E-state index is -0.116. The predicted octanol–water partition coefficient (Wildman–Crippen LogP) is 7.43. The van der Waals surface area contributed by atoms with Gasteiger partial charge in [-0.25, -0.2) is 0 Å². The number of carbonyl (C=O) groups is 1. The van der Waals surface area contributed by atoms with E-state index in [2.05, 4.69) is 60.3 Å². The van der Waals surface area contributed by atoms with E-state index in [0.29, 0.717) is 23.0 Å². The van der Waals surface area contributed by atoms with Crippen molar-refractivity contribution in [2.45, 2.75) is 86.5 Å². The van der Waals surface area contributed by atoms with E-state index in [-0.39, 0.29) is 22.7 Å². The zero-order valence-corrected chi connectivity index (χ0v) is 20.6. The van der Waals surface area contributed by atoms with Gasteiger partial charge in [0.2, 0.25) is 0 Å². The lowest BCUT2D eigenvalue weighted by Crippen LogP contribution is -2.54. The molecule has 4 rings (SSSR count). The monoisotopic (exact) mass is 419 g/mol. The van der Waals surface area contributed by atoms with Crippen molar-refractivity contribution in [3.63, 3.8) is 0 Å². The summed E-state index contributed by atoms with van der Waals surface area (Å²) in [6, 6.07) is 2.38. The minimum absolute atomic E-state index is 0.0454. The third-order valence-corrected chi connectivity index (χ3v) is 9.79. The van der Waals surface area contributed by atoms with E-state index in [4.69, 9.17) is 0 Å². The Morgan fingerprint density at radius 1 is 1.13 bits per heavy atom. The quantitative estimate of drug-likeness (QED) is 0.467. The van der Waals surface area contributed by atoms with E-state index in [1.54, 1.807) is 0 Å². The zero-order valence-electron chi connectivity index (χ0n) is 20.6. The molecule has 0 aromatic heterocycles. The molecule has 168 valence electrons. The van der Waals surface area contributed by atoms with E-state index < -0.39 is 0 Å². The molecule has 2 saturated carbocycles. The van der Waals surface area contributed by atoms with Gasteiger partial charge < -0.3 is 0 Å². The van der Waals surface area contributed by atoms with Crippen molar-refractivity contribution in [3.8, 4) is 6.07 Å². The van der Waals surface area contributed by atoms with Gasteiger partial charge in [-0.15, -0.1) is 0 Å². The van der Waals surface area contributed by atoms with Crippen LogP contribution in [0.15, 0.2) is 35.5 Å². The summed E-state index contributed by atoms with van der Waals surface area (Å²) in [4.78, 5) is 13.8. The number of nitrogens with zero attached hydrogens (tertiary/aromatic N) is 1. The molecule has 0 aromatic rings. The Morgan fingerprint density at radius 3 is 2.45 bits per heavy atom. The van der Waals surface area contributed by atoms with Crippen molar-refractivity contribution in [1.29, 1.82) is 5.26 Å². The number of fused-ring (bicyclic) bond motifs is 3. The Morgan fingerprint density at radius 2 is 1.81 bits per heavy atom. The Bertz CT molecular complexity index is 894. The van der Waals surface area contributed by atoms with Gasteiger partial charge >= 0.3 is 0 Å². The normalized spacial score (nSPS) is 41.4. The number of hydrogen-bond donors (Lipinski definition) is 0. The summed E-state index contributed by atoms with van der Waals surface area (Å²) in [5, 5.41) is 9.74. The highest BCUT2D eigenvalue weighted by Gasteiger charge is 2.57. The van der Waals surface area contributed by atoms with Crippen LogP contribution >= 0.6 is 0 Å². The number of carbonyl (C=O) groups excluding carboxylic acids is 1. The van der Waals surface area contributed by atoms with Gasteiger partial charge in [0, 0.05) is 11.8 Å². The van der Waals surface area contributed by atoms with E-state index in [9.17, 15) is 10.1 Å². The van der Waals surface area contributed by atoms with Gasteiger partial charge in [0.1, 0.15) is 0 Å². The maximum atomic E-state index is 13.8. The maximum absolute atomic E-state index is 13.8. The van der Waals surface area contributed by atoms with Crippen LogP contribution in [0.3, 0.4) is 0 Å². The van der Waals surface area contributed by atoms with Gasteiger partial charge in [0.05, 0.1) is 11.6 Å². The van der Waals surface area contributed by atoms with Crippen LogP contribution in [0.2, 0.25) is 0 Å². The average molecular weight is 420 g/mol. The molecule has 6 atom stereocenters. The lowest BCUT2D eigenvalue weighted by atomic mass is 9.45. The second kappa shape index (κ2) is 7.47. The Balaban J connectivity index is 1.76. The highest BCUT2D eigenvalue weighted by Crippen LogP contribution is 2.62. The third-order valence-electron chi connectivity index (χ3n) is 9.79. The second-order valence-electron chi connectivity index (χ2n) is 12.7. The summed E-state index contributed by atoms with van der Waals surface area (Å²) in [6.07, 6.45) is 12.4. The third kappa shape index (κ3) is 3.57. The number of nitriles is 1. The van der Waals surface area contributed by atoms with Crippen LogP contribution in [0.25, 0.3) is 0 Å². The summed E-state index contributed by atoms with van der Waals surface area (Å²) in [5.41, 5.74) is 3.24. The molecule has 2 nitrogen and oxygen atoms in total. The average Bonchev–Trinajstić information content (AvgIpc) is 2.68. The summed E-state index contributed by atoms with van der Waals surface area (Å²) in [5.74, 6) is 2.40. The van der Waals surface area contributed by atoms with Crippen molar-refractivity contribution in [2.75, 3.05) is 0 Å². The van der Waals surface area contributed by atoms with Crippen LogP contribution in [-0.2, 0) is 4.79 Å². The summed E-state index contributed by atoms with van der Waals surface area (Å²) in [7, 11) is 0. The molecular weight excluding hydrogens is 378 g/mol. The lowest BCUT2D eigenvalue weighted by molar-refractivity contribution is -0.138. The molecule has 4 aliphatic carbocycles. The van der Waals surface area contributed by atoms with Crippen LogP contribution in [0.4, 0.5) is 0 Å². The number of ketones is 1. The lowest BCUT2D eigenvalue weighted by Gasteiger charge is -2.58. The van der Waals surface area contributed by atoms with E-state index in [1.165, 1.54) is 37.7 Å². The van der Waals surface area contributed by atoms with Gasteiger partial charge in [-0.05, 0) is 90.6 Å². The molecule has 31 heavy (non-hydrogen) atoms. The molecule has 0 N–H and O–H groups in total. The molecular formula is C29H41NO. The van der Waals surface area contributed by atoms with Crippen molar-refractivity contribution in [3.05, 3.63) is 35.5 Å². The summed E-state index contributed by atoms with van der Waals surface area (Å²) >= 11 is 0. The largest absolute Gasteiger partial charge is 0.295 e. The van der Waals surface area contributed by atoms with Crippen LogP contribution < -0.4 is 0 Å². The molecule has 0 aromatic carbocycles. The van der Waals surface area contributed by atoms with Gasteiger partial charge in [-0.1, -0.05) is 59.8 Å². The highest BCUT2D eigenvalue weighted by molar-refractivity contribution is 5.95. The van der Waals surface area contributed by atoms with E-state index >= 15 is 0 Å². The molecule has 2 heteroatoms. The standard InChI is InChI=1S/C29H41NO/c1-8-24-22(20-13-21(17-30)18(2)28(5,6)15-20)14-25(31)26-23-16-27(3,4)11-9-19(23)10-12-29(24,26)7/h13-14,19-20,23-24,26H,2,8-12,15-16H2,1,3-7H3. The predicted molar refractivity (Wildman–Crippen MR) is 127 cm³/mol. The van der Waals surface area contributed by atoms with Crippen LogP contribution in [-0.4, -0.2) is 5.78 Å². The van der Waals surface area contributed by atoms with Gasteiger partial charge in [0.15, 0.2) is 5.78 Å². The van der Waals surface area contributed by atoms with E-state index in [0.717, 1.165) is 29.9 Å². The van der Waals surface area contributed by atoms with Gasteiger partial charge in [0.25, 0.3) is 0 Å². The number of allylic oxidation sites excluding steroid dienone is 5. The summed E-state index contributed by atoms with van der Waals surface area (Å²) in [6.45, 7) is 18.1. The second-order valence-corrected chi connectivity index (χ2v) is 12.7. The van der Waals surface area contributed by atoms with Crippen molar-refractivity contribution >= 4 is 5.78 Å². The fourth-order valence-corrected chi connectivity index (χ4v) is 8.03. The first-order valence-corrected chi connectivity index (χ1v) is 12.5. The molecule has 0 spiro atoms. The van der Waals surface area contributed by atoms with Crippen molar-refractivity contribution in [2.24, 2.45) is 45.8 Å². The molecule has 0 radical (unpaired) electrons. The fraction of sp³-hybridized carbons (Fsp3) is 0.724. The Labute approximate surface area is 189 Å². The molecule has 0 heterocycles. The van der Waals surface area contributed by atoms with Gasteiger partial charge in [-0.3, -0.25) is 4.79 Å². The first-order chi connectivity index (χ1) is 14.4. The molecule has 0 bridgehead atoms. The maximum Gasteiger partial charge on any atom is 0.159 e. The van der Waals surface area contributed by atoms with Crippen molar-refractivity contribution < 1.29 is 4.79 Å². The molecule has 0 amide bonds. The highest BCUT2D eigenvalue weighted by atomic mass is 16.1. The Kier molecular flexibility index (Phi) is 5.44. The van der Waals surface area contributed by atoms with Crippen LogP contribution in [0.5, 0.6) is 0 Å². The topological polar surface area (TPSA) is 40.9 Å². The SMILES string of the molecule is C=C1C(C#N)=CC(C2=CC(=O)C3C4CC(C)(C)CCC4CCC3(C)C2CC)CC1(C)C. The molecule has 6 unspecified atom stereocenters. The van der Waals surface area contributed by atoms with Crippen LogP contribution in [0, 0.1) is 57.2 Å². The summed E-state index contributed by atoms with van der Waals surface area (Å²) < 4.78 is 0. The molecule has 0 aliphatic heterocycles. The Hall–Kier alpha value is -1.62. The first-order valence-electron chi connectivity index (χ1n) is 12.5. The van der Waals surface area contributed by atoms with E-state index in [1.807, 2.05) is 6.08 Å². The molecule has 0 saturated heterocycles. The minimum Gasteiger partial charge on any atom is -0.295 e. The smallest absolute Gasteiger partial charge is 0.159 e. The molecule has 2 fully saturated rings.